The predicted molar refractivity (Wildman–Crippen MR) is 62.5 cm³/mol. The van der Waals surface area contributed by atoms with Crippen LogP contribution < -0.4 is 10.5 Å². The molecule has 0 heterocycles. The summed E-state index contributed by atoms with van der Waals surface area (Å²) >= 11 is 0. The maximum Gasteiger partial charge on any atom is 0.418 e. The van der Waals surface area contributed by atoms with Crippen LogP contribution in [0.15, 0.2) is 18.2 Å². The zero-order valence-corrected chi connectivity index (χ0v) is 10.1. The highest BCUT2D eigenvalue weighted by Gasteiger charge is 2.33. The van der Waals surface area contributed by atoms with E-state index in [1.807, 2.05) is 6.92 Å². The van der Waals surface area contributed by atoms with E-state index in [1.54, 1.807) is 0 Å². The van der Waals surface area contributed by atoms with Gasteiger partial charge in [0.25, 0.3) is 0 Å². The highest BCUT2D eigenvalue weighted by Crippen LogP contribution is 2.35. The van der Waals surface area contributed by atoms with Crippen LogP contribution in [0.2, 0.25) is 0 Å². The normalized spacial score (nSPS) is 11.6. The first-order chi connectivity index (χ1) is 8.45. The molecule has 0 saturated heterocycles. The molecule has 1 aromatic carbocycles. The number of anilines is 1. The molecule has 1 aromatic rings. The molecular weight excluding hydrogens is 247 g/mol. The SMILES string of the molecule is CCCOCCOc1ccc(N)c(C(F)(F)F)c1. The Kier molecular flexibility index (Phi) is 5.27. The number of ether oxygens (including phenoxy) is 2. The van der Waals surface area contributed by atoms with Crippen LogP contribution in [-0.2, 0) is 10.9 Å². The summed E-state index contributed by atoms with van der Waals surface area (Å²) < 4.78 is 48.0. The second-order valence-electron chi connectivity index (χ2n) is 3.71. The van der Waals surface area contributed by atoms with Gasteiger partial charge in [-0.05, 0) is 24.6 Å². The van der Waals surface area contributed by atoms with Crippen molar-refractivity contribution in [3.8, 4) is 5.75 Å². The standard InChI is InChI=1S/C12H16F3NO2/c1-2-5-17-6-7-18-9-3-4-11(16)10(8-9)12(13,14)15/h3-4,8H,2,5-7,16H2,1H3. The summed E-state index contributed by atoms with van der Waals surface area (Å²) in [6.07, 6.45) is -3.58. The summed E-state index contributed by atoms with van der Waals surface area (Å²) in [6.45, 7) is 3.14. The van der Waals surface area contributed by atoms with Crippen molar-refractivity contribution in [1.29, 1.82) is 0 Å². The number of nitrogens with two attached hydrogens (primary N) is 1. The molecule has 0 amide bonds. The van der Waals surface area contributed by atoms with Crippen LogP contribution in [0.5, 0.6) is 5.75 Å². The van der Waals surface area contributed by atoms with E-state index in [4.69, 9.17) is 15.2 Å². The van der Waals surface area contributed by atoms with Crippen molar-refractivity contribution in [2.75, 3.05) is 25.6 Å². The lowest BCUT2D eigenvalue weighted by Crippen LogP contribution is -2.11. The van der Waals surface area contributed by atoms with Crippen LogP contribution in [0.1, 0.15) is 18.9 Å². The molecule has 0 unspecified atom stereocenters. The fourth-order valence-corrected chi connectivity index (χ4v) is 1.34. The molecule has 0 saturated carbocycles. The van der Waals surface area contributed by atoms with Crippen molar-refractivity contribution in [1.82, 2.24) is 0 Å². The van der Waals surface area contributed by atoms with Gasteiger partial charge in [0.1, 0.15) is 12.4 Å². The molecule has 0 spiro atoms. The molecule has 6 heteroatoms. The maximum absolute atomic E-state index is 12.6. The van der Waals surface area contributed by atoms with Gasteiger partial charge in [-0.2, -0.15) is 13.2 Å². The summed E-state index contributed by atoms with van der Waals surface area (Å²) in [5.41, 5.74) is 4.08. The van der Waals surface area contributed by atoms with Gasteiger partial charge >= 0.3 is 6.18 Å². The summed E-state index contributed by atoms with van der Waals surface area (Å²) in [5.74, 6) is 0.136. The molecule has 18 heavy (non-hydrogen) atoms. The van der Waals surface area contributed by atoms with E-state index >= 15 is 0 Å². The molecule has 1 rings (SSSR count). The number of rotatable bonds is 6. The number of alkyl halides is 3. The van der Waals surface area contributed by atoms with Crippen molar-refractivity contribution in [3.63, 3.8) is 0 Å². The highest BCUT2D eigenvalue weighted by atomic mass is 19.4. The van der Waals surface area contributed by atoms with E-state index in [9.17, 15) is 13.2 Å². The van der Waals surface area contributed by atoms with E-state index in [-0.39, 0.29) is 18.0 Å². The van der Waals surface area contributed by atoms with Gasteiger partial charge in [-0.1, -0.05) is 6.92 Å². The number of hydrogen-bond donors (Lipinski definition) is 1. The Labute approximate surface area is 104 Å². The smallest absolute Gasteiger partial charge is 0.418 e. The maximum atomic E-state index is 12.6. The van der Waals surface area contributed by atoms with Crippen LogP contribution in [0.3, 0.4) is 0 Å². The van der Waals surface area contributed by atoms with Gasteiger partial charge in [0.05, 0.1) is 12.2 Å². The zero-order valence-electron chi connectivity index (χ0n) is 10.1. The fraction of sp³-hybridized carbons (Fsp3) is 0.500. The van der Waals surface area contributed by atoms with Gasteiger partial charge in [-0.3, -0.25) is 0 Å². The molecule has 0 aliphatic heterocycles. The number of hydrogen-bond acceptors (Lipinski definition) is 3. The Bertz CT molecular complexity index is 380. The molecular formula is C12H16F3NO2. The number of nitrogen functional groups attached to an aromatic ring is 1. The lowest BCUT2D eigenvalue weighted by Gasteiger charge is -2.12. The summed E-state index contributed by atoms with van der Waals surface area (Å²) in [7, 11) is 0. The molecule has 0 atom stereocenters. The Balaban J connectivity index is 2.57. The first-order valence-electron chi connectivity index (χ1n) is 5.62. The van der Waals surface area contributed by atoms with Gasteiger partial charge in [-0.25, -0.2) is 0 Å². The average Bonchev–Trinajstić information content (AvgIpc) is 2.29. The van der Waals surface area contributed by atoms with Crippen molar-refractivity contribution < 1.29 is 22.6 Å². The lowest BCUT2D eigenvalue weighted by molar-refractivity contribution is -0.137. The molecule has 102 valence electrons. The van der Waals surface area contributed by atoms with Gasteiger partial charge in [0, 0.05) is 12.3 Å². The van der Waals surface area contributed by atoms with Crippen LogP contribution in [0, 0.1) is 0 Å². The second kappa shape index (κ2) is 6.49. The Hall–Kier alpha value is -1.43. The molecule has 0 aliphatic rings. The lowest BCUT2D eigenvalue weighted by atomic mass is 10.1. The third-order valence-electron chi connectivity index (χ3n) is 2.18. The van der Waals surface area contributed by atoms with Crippen molar-refractivity contribution in [3.05, 3.63) is 23.8 Å². The largest absolute Gasteiger partial charge is 0.491 e. The second-order valence-corrected chi connectivity index (χ2v) is 3.71. The van der Waals surface area contributed by atoms with Crippen molar-refractivity contribution in [2.24, 2.45) is 0 Å². The predicted octanol–water partition coefficient (Wildman–Crippen LogP) is 3.09. The van der Waals surface area contributed by atoms with E-state index < -0.39 is 11.7 Å². The first kappa shape index (κ1) is 14.6. The van der Waals surface area contributed by atoms with E-state index in [1.165, 1.54) is 12.1 Å². The molecule has 3 nitrogen and oxygen atoms in total. The van der Waals surface area contributed by atoms with Crippen LogP contribution in [0.25, 0.3) is 0 Å². The summed E-state index contributed by atoms with van der Waals surface area (Å²) in [4.78, 5) is 0. The Morgan fingerprint density at radius 1 is 1.17 bits per heavy atom. The summed E-state index contributed by atoms with van der Waals surface area (Å²) in [6, 6.07) is 3.49. The average molecular weight is 263 g/mol. The minimum atomic E-state index is -4.47. The van der Waals surface area contributed by atoms with Gasteiger partial charge < -0.3 is 15.2 Å². The molecule has 0 radical (unpaired) electrons. The van der Waals surface area contributed by atoms with Crippen LogP contribution in [0.4, 0.5) is 18.9 Å². The van der Waals surface area contributed by atoms with E-state index in [0.717, 1.165) is 12.5 Å². The third-order valence-corrected chi connectivity index (χ3v) is 2.18. The molecule has 0 bridgehead atoms. The van der Waals surface area contributed by atoms with Gasteiger partial charge in [0.15, 0.2) is 0 Å². The molecule has 2 N–H and O–H groups in total. The molecule has 0 aliphatic carbocycles. The monoisotopic (exact) mass is 263 g/mol. The minimum absolute atomic E-state index is 0.136. The summed E-state index contributed by atoms with van der Waals surface area (Å²) in [5, 5.41) is 0. The number of halogens is 3. The Morgan fingerprint density at radius 3 is 2.50 bits per heavy atom. The zero-order chi connectivity index (χ0) is 13.6. The molecule has 0 aromatic heterocycles. The first-order valence-corrected chi connectivity index (χ1v) is 5.62. The Morgan fingerprint density at radius 2 is 1.89 bits per heavy atom. The van der Waals surface area contributed by atoms with Crippen LogP contribution >= 0.6 is 0 Å². The topological polar surface area (TPSA) is 44.5 Å². The quantitative estimate of drug-likeness (QED) is 0.633. The van der Waals surface area contributed by atoms with Crippen LogP contribution in [-0.4, -0.2) is 19.8 Å². The van der Waals surface area contributed by atoms with Gasteiger partial charge in [0.2, 0.25) is 0 Å². The van der Waals surface area contributed by atoms with Crippen molar-refractivity contribution in [2.45, 2.75) is 19.5 Å². The third kappa shape index (κ3) is 4.44. The van der Waals surface area contributed by atoms with E-state index in [2.05, 4.69) is 0 Å². The van der Waals surface area contributed by atoms with Crippen molar-refractivity contribution >= 4 is 5.69 Å². The van der Waals surface area contributed by atoms with Gasteiger partial charge in [-0.15, -0.1) is 0 Å². The fourth-order valence-electron chi connectivity index (χ4n) is 1.34. The molecule has 0 fully saturated rings. The van der Waals surface area contributed by atoms with E-state index in [0.29, 0.717) is 13.2 Å². The minimum Gasteiger partial charge on any atom is -0.491 e. The highest BCUT2D eigenvalue weighted by molar-refractivity contribution is 5.51. The number of benzene rings is 1.